The van der Waals surface area contributed by atoms with Crippen LogP contribution in [0, 0.1) is 0 Å². The van der Waals surface area contributed by atoms with Crippen LogP contribution in [0.1, 0.15) is 30.6 Å². The molecule has 1 aliphatic heterocycles. The van der Waals surface area contributed by atoms with E-state index in [0.29, 0.717) is 38.3 Å². The maximum atomic E-state index is 13.0. The second-order valence-corrected chi connectivity index (χ2v) is 9.45. The Morgan fingerprint density at radius 1 is 1.28 bits per heavy atom. The van der Waals surface area contributed by atoms with E-state index in [0.717, 1.165) is 13.0 Å². The molecule has 8 nitrogen and oxygen atoms in total. The number of morpholine rings is 1. The summed E-state index contributed by atoms with van der Waals surface area (Å²) >= 11 is 0. The van der Waals surface area contributed by atoms with Crippen LogP contribution in [0.5, 0.6) is 0 Å². The van der Waals surface area contributed by atoms with Gasteiger partial charge in [0, 0.05) is 52.0 Å². The number of hydrogen-bond acceptors (Lipinski definition) is 6. The molecule has 0 saturated carbocycles. The first-order valence-corrected chi connectivity index (χ1v) is 11.4. The number of sulfonamides is 1. The van der Waals surface area contributed by atoms with Gasteiger partial charge in [0.15, 0.2) is 0 Å². The second-order valence-electron chi connectivity index (χ2n) is 7.51. The van der Waals surface area contributed by atoms with Crippen LogP contribution in [-0.2, 0) is 19.5 Å². The third-order valence-electron chi connectivity index (χ3n) is 4.79. The first kappa shape index (κ1) is 23.8. The molecule has 0 spiro atoms. The van der Waals surface area contributed by atoms with Gasteiger partial charge in [0.1, 0.15) is 0 Å². The molecule has 1 amide bonds. The van der Waals surface area contributed by atoms with Gasteiger partial charge in [-0.05, 0) is 45.5 Å². The molecule has 0 bridgehead atoms. The molecule has 29 heavy (non-hydrogen) atoms. The van der Waals surface area contributed by atoms with Crippen LogP contribution >= 0.6 is 0 Å². The van der Waals surface area contributed by atoms with Crippen LogP contribution < -0.4 is 5.32 Å². The molecule has 0 radical (unpaired) electrons. The molecule has 1 saturated heterocycles. The van der Waals surface area contributed by atoms with E-state index in [1.54, 1.807) is 19.2 Å². The van der Waals surface area contributed by atoms with Gasteiger partial charge in [-0.25, -0.2) is 8.42 Å². The molecule has 0 unspecified atom stereocenters. The van der Waals surface area contributed by atoms with Crippen LogP contribution in [0.3, 0.4) is 0 Å². The van der Waals surface area contributed by atoms with Gasteiger partial charge in [-0.1, -0.05) is 6.07 Å². The molecule has 1 fully saturated rings. The highest BCUT2D eigenvalue weighted by molar-refractivity contribution is 7.89. The molecule has 0 aromatic heterocycles. The number of amides is 1. The Bertz CT molecular complexity index is 761. The van der Waals surface area contributed by atoms with Crippen molar-refractivity contribution in [2.24, 2.45) is 0 Å². The van der Waals surface area contributed by atoms with Crippen LogP contribution in [-0.4, -0.2) is 89.2 Å². The highest BCUT2D eigenvalue weighted by Crippen LogP contribution is 2.21. The van der Waals surface area contributed by atoms with E-state index < -0.39 is 10.0 Å². The van der Waals surface area contributed by atoms with E-state index in [2.05, 4.69) is 10.2 Å². The first-order valence-electron chi connectivity index (χ1n) is 9.95. The largest absolute Gasteiger partial charge is 0.385 e. The smallest absolute Gasteiger partial charge is 0.251 e. The minimum absolute atomic E-state index is 0.128. The fourth-order valence-corrected chi connectivity index (χ4v) is 4.96. The summed E-state index contributed by atoms with van der Waals surface area (Å²) in [5, 5.41) is 2.85. The summed E-state index contributed by atoms with van der Waals surface area (Å²) in [5.41, 5.74) is 0.336. The average molecular weight is 428 g/mol. The lowest BCUT2D eigenvalue weighted by molar-refractivity contribution is -0.0440. The van der Waals surface area contributed by atoms with Crippen molar-refractivity contribution in [2.45, 2.75) is 37.4 Å². The van der Waals surface area contributed by atoms with Crippen molar-refractivity contribution in [3.63, 3.8) is 0 Å². The van der Waals surface area contributed by atoms with E-state index in [1.165, 1.54) is 16.4 Å². The number of rotatable bonds is 10. The third-order valence-corrected chi connectivity index (χ3v) is 6.62. The molecule has 1 aromatic carbocycles. The number of nitrogens with zero attached hydrogens (tertiary/aromatic N) is 2. The normalized spacial score (nSPS) is 20.7. The molecule has 1 aliphatic rings. The van der Waals surface area contributed by atoms with Crippen LogP contribution in [0.15, 0.2) is 29.2 Å². The number of likely N-dealkylation sites (N-methyl/N-ethyl adjacent to an activating group) is 1. The molecule has 0 aliphatic carbocycles. The Hall–Kier alpha value is -1.52. The molecule has 1 N–H and O–H groups in total. The van der Waals surface area contributed by atoms with E-state index >= 15 is 0 Å². The lowest BCUT2D eigenvalue weighted by Crippen LogP contribution is -2.48. The van der Waals surface area contributed by atoms with Crippen molar-refractivity contribution >= 4 is 15.9 Å². The summed E-state index contributed by atoms with van der Waals surface area (Å²) in [6.07, 6.45) is 0.598. The Balaban J connectivity index is 1.96. The lowest BCUT2D eigenvalue weighted by Gasteiger charge is -2.34. The number of methoxy groups -OCH3 is 1. The van der Waals surface area contributed by atoms with Crippen molar-refractivity contribution in [1.29, 1.82) is 0 Å². The lowest BCUT2D eigenvalue weighted by atomic mass is 10.2. The quantitative estimate of drug-likeness (QED) is 0.564. The minimum atomic E-state index is -3.68. The van der Waals surface area contributed by atoms with E-state index in [9.17, 15) is 13.2 Å². The SMILES string of the molecule is COCCCN(C)CCNC(=O)c1cccc(S(=O)(=O)N2C[C@@H](C)O[C@@H](C)C2)c1. The molecule has 9 heteroatoms. The number of nitrogens with one attached hydrogen (secondary N) is 1. The number of ether oxygens (including phenoxy) is 2. The van der Waals surface area contributed by atoms with Gasteiger partial charge in [-0.3, -0.25) is 4.79 Å². The van der Waals surface area contributed by atoms with Gasteiger partial charge >= 0.3 is 0 Å². The molecule has 2 rings (SSSR count). The van der Waals surface area contributed by atoms with E-state index in [-0.39, 0.29) is 23.0 Å². The molecule has 1 heterocycles. The van der Waals surface area contributed by atoms with Crippen molar-refractivity contribution in [3.8, 4) is 0 Å². The fraction of sp³-hybridized carbons (Fsp3) is 0.650. The van der Waals surface area contributed by atoms with Crippen molar-refractivity contribution in [1.82, 2.24) is 14.5 Å². The van der Waals surface area contributed by atoms with Gasteiger partial charge in [0.05, 0.1) is 17.1 Å². The summed E-state index contributed by atoms with van der Waals surface area (Å²) in [5.74, 6) is -0.281. The van der Waals surface area contributed by atoms with Crippen molar-refractivity contribution in [2.75, 3.05) is 53.5 Å². The molecule has 2 atom stereocenters. The summed E-state index contributed by atoms with van der Waals surface area (Å²) in [6, 6.07) is 6.20. The minimum Gasteiger partial charge on any atom is -0.385 e. The summed E-state index contributed by atoms with van der Waals surface area (Å²) in [6.45, 7) is 7.10. The van der Waals surface area contributed by atoms with Gasteiger partial charge in [0.25, 0.3) is 5.91 Å². The maximum absolute atomic E-state index is 13.0. The van der Waals surface area contributed by atoms with Gasteiger partial charge in [-0.15, -0.1) is 0 Å². The zero-order valence-electron chi connectivity index (χ0n) is 17.8. The molecular formula is C20H33N3O5S. The molecular weight excluding hydrogens is 394 g/mol. The fourth-order valence-electron chi connectivity index (χ4n) is 3.33. The van der Waals surface area contributed by atoms with Crippen molar-refractivity contribution < 1.29 is 22.7 Å². The van der Waals surface area contributed by atoms with E-state index in [4.69, 9.17) is 9.47 Å². The first-order chi connectivity index (χ1) is 13.7. The molecule has 1 aromatic rings. The predicted molar refractivity (Wildman–Crippen MR) is 112 cm³/mol. The van der Waals surface area contributed by atoms with Gasteiger partial charge in [0.2, 0.25) is 10.0 Å². The Labute approximate surface area is 174 Å². The van der Waals surface area contributed by atoms with Gasteiger partial charge in [-0.2, -0.15) is 4.31 Å². The Morgan fingerprint density at radius 2 is 1.97 bits per heavy atom. The Morgan fingerprint density at radius 3 is 2.62 bits per heavy atom. The number of benzene rings is 1. The zero-order chi connectivity index (χ0) is 21.4. The summed E-state index contributed by atoms with van der Waals surface area (Å²) < 4.78 is 38.1. The van der Waals surface area contributed by atoms with Gasteiger partial charge < -0.3 is 19.7 Å². The summed E-state index contributed by atoms with van der Waals surface area (Å²) in [7, 11) is -0.0166. The standard InChI is InChI=1S/C20H33N3O5S/c1-16-14-23(15-17(2)28-16)29(25,26)19-8-5-7-18(13-19)20(24)21-9-11-22(3)10-6-12-27-4/h5,7-8,13,16-17H,6,9-12,14-15H2,1-4H3,(H,21,24)/t16-,17+. The number of carbonyl (C=O) groups excluding carboxylic acids is 1. The van der Waals surface area contributed by atoms with E-state index in [1.807, 2.05) is 20.9 Å². The van der Waals surface area contributed by atoms with Crippen LogP contribution in [0.25, 0.3) is 0 Å². The number of hydrogen-bond donors (Lipinski definition) is 1. The summed E-state index contributed by atoms with van der Waals surface area (Å²) in [4.78, 5) is 14.7. The maximum Gasteiger partial charge on any atom is 0.251 e. The molecule has 164 valence electrons. The zero-order valence-corrected chi connectivity index (χ0v) is 18.6. The van der Waals surface area contributed by atoms with Crippen molar-refractivity contribution in [3.05, 3.63) is 29.8 Å². The highest BCUT2D eigenvalue weighted by atomic mass is 32.2. The third kappa shape index (κ3) is 7.04. The predicted octanol–water partition coefficient (Wildman–Crippen LogP) is 1.18. The van der Waals surface area contributed by atoms with Crippen LogP contribution in [0.4, 0.5) is 0 Å². The highest BCUT2D eigenvalue weighted by Gasteiger charge is 2.32. The second kappa shape index (κ2) is 11.0. The number of carbonyl (C=O) groups is 1. The average Bonchev–Trinajstić information content (AvgIpc) is 2.67. The Kier molecular flexibility index (Phi) is 9.04. The monoisotopic (exact) mass is 427 g/mol. The topological polar surface area (TPSA) is 88.2 Å². The van der Waals surface area contributed by atoms with Crippen LogP contribution in [0.2, 0.25) is 0 Å².